The molecule has 2 atom stereocenters. The van der Waals surface area contributed by atoms with Crippen LogP contribution in [0.15, 0.2) is 0 Å². The van der Waals surface area contributed by atoms with Crippen molar-refractivity contribution < 1.29 is 9.47 Å². The third-order valence-electron chi connectivity index (χ3n) is 2.60. The lowest BCUT2D eigenvalue weighted by Crippen LogP contribution is -2.23. The largest absolute Gasteiger partial charge is 0.379 e. The number of nitrogens with two attached hydrogens (primary N) is 1. The van der Waals surface area contributed by atoms with E-state index in [9.17, 15) is 0 Å². The van der Waals surface area contributed by atoms with E-state index in [2.05, 4.69) is 13.8 Å². The molecule has 0 saturated carbocycles. The molecule has 0 spiro atoms. The van der Waals surface area contributed by atoms with Gasteiger partial charge in [-0.3, -0.25) is 0 Å². The van der Waals surface area contributed by atoms with Crippen molar-refractivity contribution in [2.24, 2.45) is 11.7 Å². The topological polar surface area (TPSA) is 44.5 Å². The van der Waals surface area contributed by atoms with Crippen LogP contribution >= 0.6 is 0 Å². The van der Waals surface area contributed by atoms with Gasteiger partial charge in [0.1, 0.15) is 0 Å². The van der Waals surface area contributed by atoms with Crippen molar-refractivity contribution >= 4 is 0 Å². The summed E-state index contributed by atoms with van der Waals surface area (Å²) >= 11 is 0. The predicted octanol–water partition coefficient (Wildman–Crippen LogP) is 1.56. The molecule has 1 saturated heterocycles. The van der Waals surface area contributed by atoms with Crippen molar-refractivity contribution in [2.45, 2.75) is 45.3 Å². The summed E-state index contributed by atoms with van der Waals surface area (Å²) in [5.41, 5.74) is 5.52. The van der Waals surface area contributed by atoms with Crippen molar-refractivity contribution in [3.05, 3.63) is 0 Å². The molecule has 0 amide bonds. The van der Waals surface area contributed by atoms with Gasteiger partial charge in [0.2, 0.25) is 0 Å². The number of hydrogen-bond donors (Lipinski definition) is 1. The van der Waals surface area contributed by atoms with E-state index < -0.39 is 0 Å². The first-order chi connectivity index (χ1) is 6.72. The molecular formula is C11H23NO2. The molecule has 2 N–H and O–H groups in total. The van der Waals surface area contributed by atoms with E-state index in [-0.39, 0.29) is 12.2 Å². The second-order valence-electron chi connectivity index (χ2n) is 4.45. The van der Waals surface area contributed by atoms with Crippen molar-refractivity contribution in [3.63, 3.8) is 0 Å². The minimum atomic E-state index is 0.272. The van der Waals surface area contributed by atoms with Crippen LogP contribution in [0.25, 0.3) is 0 Å². The van der Waals surface area contributed by atoms with Crippen LogP contribution in [-0.2, 0) is 9.47 Å². The SMILES string of the molecule is CC(C)CCOCC1CCC(CN)O1. The van der Waals surface area contributed by atoms with Gasteiger partial charge < -0.3 is 15.2 Å². The molecule has 2 unspecified atom stereocenters. The van der Waals surface area contributed by atoms with Gasteiger partial charge in [-0.15, -0.1) is 0 Å². The summed E-state index contributed by atoms with van der Waals surface area (Å²) in [6.07, 6.45) is 3.88. The lowest BCUT2D eigenvalue weighted by molar-refractivity contribution is -0.0138. The molecule has 0 aromatic carbocycles. The normalized spacial score (nSPS) is 27.4. The van der Waals surface area contributed by atoms with Gasteiger partial charge in [-0.2, -0.15) is 0 Å². The van der Waals surface area contributed by atoms with Gasteiger partial charge >= 0.3 is 0 Å². The average molecular weight is 201 g/mol. The summed E-state index contributed by atoms with van der Waals surface area (Å²) in [7, 11) is 0. The lowest BCUT2D eigenvalue weighted by Gasteiger charge is -2.13. The smallest absolute Gasteiger partial charge is 0.0813 e. The van der Waals surface area contributed by atoms with Gasteiger partial charge in [-0.05, 0) is 25.2 Å². The molecule has 1 aliphatic rings. The number of rotatable bonds is 6. The van der Waals surface area contributed by atoms with Gasteiger partial charge in [-0.1, -0.05) is 13.8 Å². The van der Waals surface area contributed by atoms with E-state index in [0.29, 0.717) is 6.54 Å². The Balaban J connectivity index is 1.97. The fraction of sp³-hybridized carbons (Fsp3) is 1.00. The Hall–Kier alpha value is -0.120. The molecule has 1 fully saturated rings. The molecule has 0 bridgehead atoms. The third-order valence-corrected chi connectivity index (χ3v) is 2.60. The maximum Gasteiger partial charge on any atom is 0.0813 e. The van der Waals surface area contributed by atoms with Crippen LogP contribution in [-0.4, -0.2) is 32.0 Å². The summed E-state index contributed by atoms with van der Waals surface area (Å²) in [6, 6.07) is 0. The van der Waals surface area contributed by atoms with Crippen molar-refractivity contribution in [3.8, 4) is 0 Å². The molecule has 1 rings (SSSR count). The van der Waals surface area contributed by atoms with Gasteiger partial charge in [0.05, 0.1) is 18.8 Å². The minimum Gasteiger partial charge on any atom is -0.379 e. The molecule has 14 heavy (non-hydrogen) atoms. The summed E-state index contributed by atoms with van der Waals surface area (Å²) < 4.78 is 11.2. The summed E-state index contributed by atoms with van der Waals surface area (Å²) in [5.74, 6) is 0.719. The first kappa shape index (κ1) is 12.0. The Kier molecular flexibility index (Phi) is 5.45. The van der Waals surface area contributed by atoms with E-state index >= 15 is 0 Å². The Morgan fingerprint density at radius 2 is 2.07 bits per heavy atom. The number of hydrogen-bond acceptors (Lipinski definition) is 3. The number of ether oxygens (including phenoxy) is 2. The summed E-state index contributed by atoms with van der Waals surface area (Å²) in [4.78, 5) is 0. The van der Waals surface area contributed by atoms with Crippen molar-refractivity contribution in [2.75, 3.05) is 19.8 Å². The fourth-order valence-electron chi connectivity index (χ4n) is 1.61. The van der Waals surface area contributed by atoms with Crippen molar-refractivity contribution in [1.29, 1.82) is 0 Å². The highest BCUT2D eigenvalue weighted by molar-refractivity contribution is 4.73. The molecule has 0 radical (unpaired) electrons. The van der Waals surface area contributed by atoms with Crippen molar-refractivity contribution in [1.82, 2.24) is 0 Å². The summed E-state index contributed by atoms with van der Waals surface area (Å²) in [5, 5.41) is 0. The predicted molar refractivity (Wildman–Crippen MR) is 57.2 cm³/mol. The molecule has 3 nitrogen and oxygen atoms in total. The minimum absolute atomic E-state index is 0.272. The van der Waals surface area contributed by atoms with Crippen LogP contribution in [0.5, 0.6) is 0 Å². The molecule has 3 heteroatoms. The van der Waals surface area contributed by atoms with Crippen LogP contribution in [0.4, 0.5) is 0 Å². The monoisotopic (exact) mass is 201 g/mol. The standard InChI is InChI=1S/C11H23NO2/c1-9(2)5-6-13-8-11-4-3-10(7-12)14-11/h9-11H,3-8,12H2,1-2H3. The highest BCUT2D eigenvalue weighted by Gasteiger charge is 2.23. The molecule has 0 aromatic rings. The lowest BCUT2D eigenvalue weighted by atomic mass is 10.1. The maximum absolute atomic E-state index is 5.67. The Labute approximate surface area is 86.9 Å². The van der Waals surface area contributed by atoms with Gasteiger partial charge in [-0.25, -0.2) is 0 Å². The van der Waals surface area contributed by atoms with Crippen LogP contribution in [0.1, 0.15) is 33.1 Å². The van der Waals surface area contributed by atoms with E-state index in [1.807, 2.05) is 0 Å². The molecular weight excluding hydrogens is 178 g/mol. The van der Waals surface area contributed by atoms with Crippen LogP contribution < -0.4 is 5.73 Å². The Morgan fingerprint density at radius 3 is 2.64 bits per heavy atom. The van der Waals surface area contributed by atoms with Crippen LogP contribution in [0.2, 0.25) is 0 Å². The zero-order valence-corrected chi connectivity index (χ0v) is 9.37. The van der Waals surface area contributed by atoms with Gasteiger partial charge in [0.15, 0.2) is 0 Å². The first-order valence-corrected chi connectivity index (χ1v) is 5.65. The van der Waals surface area contributed by atoms with Gasteiger partial charge in [0, 0.05) is 13.2 Å². The summed E-state index contributed by atoms with van der Waals surface area (Å²) in [6.45, 7) is 6.65. The van der Waals surface area contributed by atoms with E-state index in [4.69, 9.17) is 15.2 Å². The molecule has 1 aliphatic heterocycles. The zero-order chi connectivity index (χ0) is 10.4. The van der Waals surface area contributed by atoms with E-state index in [1.54, 1.807) is 0 Å². The molecule has 0 aromatic heterocycles. The fourth-order valence-corrected chi connectivity index (χ4v) is 1.61. The zero-order valence-electron chi connectivity index (χ0n) is 9.37. The average Bonchev–Trinajstić information content (AvgIpc) is 2.60. The maximum atomic E-state index is 5.67. The quantitative estimate of drug-likeness (QED) is 0.663. The second kappa shape index (κ2) is 6.38. The molecule has 0 aliphatic carbocycles. The van der Waals surface area contributed by atoms with Gasteiger partial charge in [0.25, 0.3) is 0 Å². The third kappa shape index (κ3) is 4.40. The van der Waals surface area contributed by atoms with E-state index in [1.165, 1.54) is 0 Å². The highest BCUT2D eigenvalue weighted by atomic mass is 16.5. The van der Waals surface area contributed by atoms with Crippen LogP contribution in [0, 0.1) is 5.92 Å². The molecule has 84 valence electrons. The Morgan fingerprint density at radius 1 is 1.36 bits per heavy atom. The first-order valence-electron chi connectivity index (χ1n) is 5.65. The van der Waals surface area contributed by atoms with Crippen LogP contribution in [0.3, 0.4) is 0 Å². The second-order valence-corrected chi connectivity index (χ2v) is 4.45. The molecule has 1 heterocycles. The van der Waals surface area contributed by atoms with E-state index in [0.717, 1.165) is 38.4 Å². The highest BCUT2D eigenvalue weighted by Crippen LogP contribution is 2.18. The Bertz CT molecular complexity index is 150.